The summed E-state index contributed by atoms with van der Waals surface area (Å²) >= 11 is 0. The zero-order valence-electron chi connectivity index (χ0n) is 11.4. The van der Waals surface area contributed by atoms with E-state index in [2.05, 4.69) is 17.0 Å². The number of ether oxygens (including phenoxy) is 1. The lowest BCUT2D eigenvalue weighted by atomic mass is 9.86. The summed E-state index contributed by atoms with van der Waals surface area (Å²) in [6.45, 7) is -0.757. The highest BCUT2D eigenvalue weighted by Crippen LogP contribution is 2.24. The van der Waals surface area contributed by atoms with Gasteiger partial charge in [0.2, 0.25) is 0 Å². The number of amides is 1. The number of nitrogens with one attached hydrogen (secondary N) is 1. The Kier molecular flexibility index (Phi) is 4.93. The van der Waals surface area contributed by atoms with E-state index in [0.29, 0.717) is 11.5 Å². The van der Waals surface area contributed by atoms with Crippen LogP contribution in [0.5, 0.6) is 5.75 Å². The number of hydrogen-bond acceptors (Lipinski definition) is 2. The Morgan fingerprint density at radius 1 is 1.35 bits per heavy atom. The second kappa shape index (κ2) is 6.68. The van der Waals surface area contributed by atoms with Crippen LogP contribution in [0.2, 0.25) is 0 Å². The number of hydrogen-bond donors (Lipinski definition) is 1. The molecule has 0 unspecified atom stereocenters. The Balaban J connectivity index is 2.01. The number of alkyl halides is 2. The standard InChI is InChI=1S/C15H19F2NO2/c1-10-5-2-3-8-13(10)18-14(19)11-6-4-7-12(9-11)20-15(16)17/h4,6-7,9-10,13,15H,2-3,5,8H2,1H3,(H,18,19)/t10-,13+/m0/s1. The Hall–Kier alpha value is -1.65. The molecule has 1 saturated carbocycles. The molecule has 0 radical (unpaired) electrons. The SMILES string of the molecule is C[C@H]1CCCC[C@H]1NC(=O)c1cccc(OC(F)F)c1. The zero-order chi connectivity index (χ0) is 14.5. The molecule has 1 aliphatic carbocycles. The maximum Gasteiger partial charge on any atom is 0.387 e. The van der Waals surface area contributed by atoms with Gasteiger partial charge >= 0.3 is 6.61 Å². The number of benzene rings is 1. The molecule has 0 aromatic heterocycles. The maximum atomic E-state index is 12.2. The van der Waals surface area contributed by atoms with E-state index in [0.717, 1.165) is 19.3 Å². The Bertz CT molecular complexity index is 465. The largest absolute Gasteiger partial charge is 0.435 e. The van der Waals surface area contributed by atoms with Crippen LogP contribution in [0.15, 0.2) is 24.3 Å². The predicted molar refractivity (Wildman–Crippen MR) is 72.0 cm³/mol. The molecule has 1 aliphatic rings. The first-order chi connectivity index (χ1) is 9.56. The third-order valence-corrected chi connectivity index (χ3v) is 3.75. The van der Waals surface area contributed by atoms with E-state index in [-0.39, 0.29) is 17.7 Å². The van der Waals surface area contributed by atoms with Gasteiger partial charge in [-0.15, -0.1) is 0 Å². The van der Waals surface area contributed by atoms with Crippen molar-refractivity contribution in [2.24, 2.45) is 5.92 Å². The fourth-order valence-corrected chi connectivity index (χ4v) is 2.60. The second-order valence-electron chi connectivity index (χ2n) is 5.25. The van der Waals surface area contributed by atoms with Crippen molar-refractivity contribution < 1.29 is 18.3 Å². The maximum absolute atomic E-state index is 12.2. The molecule has 1 fully saturated rings. The molecular weight excluding hydrogens is 264 g/mol. The lowest BCUT2D eigenvalue weighted by Gasteiger charge is -2.29. The third-order valence-electron chi connectivity index (χ3n) is 3.75. The Morgan fingerprint density at radius 3 is 2.80 bits per heavy atom. The van der Waals surface area contributed by atoms with Gasteiger partial charge in [-0.1, -0.05) is 25.8 Å². The minimum Gasteiger partial charge on any atom is -0.435 e. The highest BCUT2D eigenvalue weighted by Gasteiger charge is 2.23. The summed E-state index contributed by atoms with van der Waals surface area (Å²) in [7, 11) is 0. The van der Waals surface area contributed by atoms with Crippen LogP contribution in [0.3, 0.4) is 0 Å². The van der Waals surface area contributed by atoms with E-state index in [1.54, 1.807) is 6.07 Å². The van der Waals surface area contributed by atoms with Crippen molar-refractivity contribution >= 4 is 5.91 Å². The van der Waals surface area contributed by atoms with Gasteiger partial charge in [0.05, 0.1) is 0 Å². The molecule has 1 aromatic carbocycles. The van der Waals surface area contributed by atoms with Crippen LogP contribution < -0.4 is 10.1 Å². The molecule has 1 N–H and O–H groups in total. The van der Waals surface area contributed by atoms with E-state index in [1.807, 2.05) is 0 Å². The number of carbonyl (C=O) groups is 1. The van der Waals surface area contributed by atoms with Crippen LogP contribution >= 0.6 is 0 Å². The summed E-state index contributed by atoms with van der Waals surface area (Å²) in [5, 5.41) is 2.98. The molecule has 110 valence electrons. The smallest absolute Gasteiger partial charge is 0.387 e. The van der Waals surface area contributed by atoms with Crippen LogP contribution in [0, 0.1) is 5.92 Å². The number of halogens is 2. The van der Waals surface area contributed by atoms with Crippen molar-refractivity contribution in [2.75, 3.05) is 0 Å². The van der Waals surface area contributed by atoms with Gasteiger partial charge in [-0.25, -0.2) is 0 Å². The fourth-order valence-electron chi connectivity index (χ4n) is 2.60. The highest BCUT2D eigenvalue weighted by atomic mass is 19.3. The first-order valence-corrected chi connectivity index (χ1v) is 6.92. The minimum atomic E-state index is -2.88. The van der Waals surface area contributed by atoms with Gasteiger partial charge in [0, 0.05) is 11.6 Å². The molecule has 0 aliphatic heterocycles. The third kappa shape index (κ3) is 3.92. The van der Waals surface area contributed by atoms with E-state index in [9.17, 15) is 13.6 Å². The van der Waals surface area contributed by atoms with Gasteiger partial charge in [-0.2, -0.15) is 8.78 Å². The first-order valence-electron chi connectivity index (χ1n) is 6.92. The highest BCUT2D eigenvalue weighted by molar-refractivity contribution is 5.94. The van der Waals surface area contributed by atoms with Crippen molar-refractivity contribution in [3.63, 3.8) is 0 Å². The summed E-state index contributed by atoms with van der Waals surface area (Å²) in [6, 6.07) is 6.05. The van der Waals surface area contributed by atoms with Crippen LogP contribution in [-0.2, 0) is 0 Å². The molecule has 2 rings (SSSR count). The zero-order valence-corrected chi connectivity index (χ0v) is 11.4. The van der Waals surface area contributed by atoms with Crippen molar-refractivity contribution in [1.82, 2.24) is 5.32 Å². The van der Waals surface area contributed by atoms with E-state index in [4.69, 9.17) is 0 Å². The molecule has 20 heavy (non-hydrogen) atoms. The molecular formula is C15H19F2NO2. The van der Waals surface area contributed by atoms with Crippen molar-refractivity contribution in [3.05, 3.63) is 29.8 Å². The molecule has 1 aromatic rings. The predicted octanol–water partition coefficient (Wildman–Crippen LogP) is 3.60. The summed E-state index contributed by atoms with van der Waals surface area (Å²) in [5.41, 5.74) is 0.348. The van der Waals surface area contributed by atoms with E-state index in [1.165, 1.54) is 24.6 Å². The number of rotatable bonds is 4. The van der Waals surface area contributed by atoms with Gasteiger partial charge < -0.3 is 10.1 Å². The molecule has 5 heteroatoms. The van der Waals surface area contributed by atoms with Gasteiger partial charge in [0.1, 0.15) is 5.75 Å². The summed E-state index contributed by atoms with van der Waals surface area (Å²) in [5.74, 6) is 0.223. The molecule has 1 amide bonds. The lowest BCUT2D eigenvalue weighted by Crippen LogP contribution is -2.41. The van der Waals surface area contributed by atoms with Crippen LogP contribution in [0.1, 0.15) is 43.0 Å². The normalized spacial score (nSPS) is 22.6. The summed E-state index contributed by atoms with van der Waals surface area (Å²) < 4.78 is 28.6. The molecule has 0 spiro atoms. The van der Waals surface area contributed by atoms with Crippen molar-refractivity contribution in [2.45, 2.75) is 45.3 Å². The monoisotopic (exact) mass is 283 g/mol. The second-order valence-corrected chi connectivity index (χ2v) is 5.25. The van der Waals surface area contributed by atoms with Gasteiger partial charge in [-0.3, -0.25) is 4.79 Å². The summed E-state index contributed by atoms with van der Waals surface area (Å²) in [6.07, 6.45) is 4.40. The van der Waals surface area contributed by atoms with Crippen molar-refractivity contribution in [3.8, 4) is 5.75 Å². The van der Waals surface area contributed by atoms with Crippen LogP contribution in [0.25, 0.3) is 0 Å². The molecule has 3 nitrogen and oxygen atoms in total. The fraction of sp³-hybridized carbons (Fsp3) is 0.533. The molecule has 2 atom stereocenters. The Morgan fingerprint density at radius 2 is 2.10 bits per heavy atom. The topological polar surface area (TPSA) is 38.3 Å². The average Bonchev–Trinajstić information content (AvgIpc) is 2.41. The van der Waals surface area contributed by atoms with Crippen LogP contribution in [0.4, 0.5) is 8.78 Å². The quantitative estimate of drug-likeness (QED) is 0.917. The molecule has 0 heterocycles. The minimum absolute atomic E-state index is 0.00402. The molecule has 0 saturated heterocycles. The Labute approximate surface area is 117 Å². The molecule has 0 bridgehead atoms. The van der Waals surface area contributed by atoms with Gasteiger partial charge in [0.15, 0.2) is 0 Å². The first kappa shape index (κ1) is 14.8. The van der Waals surface area contributed by atoms with Gasteiger partial charge in [0.25, 0.3) is 5.91 Å². The van der Waals surface area contributed by atoms with E-state index < -0.39 is 6.61 Å². The van der Waals surface area contributed by atoms with Crippen LogP contribution in [-0.4, -0.2) is 18.6 Å². The van der Waals surface area contributed by atoms with E-state index >= 15 is 0 Å². The average molecular weight is 283 g/mol. The lowest BCUT2D eigenvalue weighted by molar-refractivity contribution is -0.0498. The van der Waals surface area contributed by atoms with Crippen molar-refractivity contribution in [1.29, 1.82) is 0 Å². The van der Waals surface area contributed by atoms with Gasteiger partial charge in [-0.05, 0) is 37.0 Å². The number of carbonyl (C=O) groups excluding carboxylic acids is 1. The summed E-state index contributed by atoms with van der Waals surface area (Å²) in [4.78, 5) is 12.1.